The Bertz CT molecular complexity index is 640. The Morgan fingerprint density at radius 1 is 1.50 bits per heavy atom. The third kappa shape index (κ3) is 2.57. The van der Waals surface area contributed by atoms with Gasteiger partial charge < -0.3 is 9.64 Å². The van der Waals surface area contributed by atoms with Gasteiger partial charge in [0.15, 0.2) is 0 Å². The third-order valence-corrected chi connectivity index (χ3v) is 4.79. The number of morpholine rings is 1. The van der Waals surface area contributed by atoms with Gasteiger partial charge in [0.1, 0.15) is 17.3 Å². The second-order valence-electron chi connectivity index (χ2n) is 5.83. The van der Waals surface area contributed by atoms with E-state index in [2.05, 4.69) is 6.07 Å². The van der Waals surface area contributed by atoms with Crippen molar-refractivity contribution in [3.63, 3.8) is 0 Å². The fourth-order valence-corrected chi connectivity index (χ4v) is 3.14. The smallest absolute Gasteiger partial charge is 0.243 e. The number of nitriles is 1. The largest absolute Gasteiger partial charge is 0.370 e. The van der Waals surface area contributed by atoms with E-state index in [4.69, 9.17) is 16.3 Å². The minimum absolute atomic E-state index is 0.0389. The van der Waals surface area contributed by atoms with Gasteiger partial charge in [0, 0.05) is 6.54 Å². The van der Waals surface area contributed by atoms with E-state index < -0.39 is 11.2 Å². The standard InChI is InChI=1S/C16H16ClFN2O2/c17-12-8-11(2-3-13(12)18)14-9-20(6-7-22-14)15(21)16(10-19)4-1-5-16/h2-3,8,14H,1,4-7,9H2. The van der Waals surface area contributed by atoms with Gasteiger partial charge in [0.2, 0.25) is 5.91 Å². The van der Waals surface area contributed by atoms with Gasteiger partial charge in [-0.3, -0.25) is 4.79 Å². The van der Waals surface area contributed by atoms with Crippen LogP contribution in [0.3, 0.4) is 0 Å². The molecule has 116 valence electrons. The minimum Gasteiger partial charge on any atom is -0.370 e. The molecule has 1 saturated carbocycles. The monoisotopic (exact) mass is 322 g/mol. The van der Waals surface area contributed by atoms with Crippen LogP contribution in [0.15, 0.2) is 18.2 Å². The van der Waals surface area contributed by atoms with Gasteiger partial charge in [-0.25, -0.2) is 4.39 Å². The maximum Gasteiger partial charge on any atom is 0.243 e. The maximum atomic E-state index is 13.3. The van der Waals surface area contributed by atoms with Crippen molar-refractivity contribution in [3.05, 3.63) is 34.6 Å². The van der Waals surface area contributed by atoms with Crippen LogP contribution in [0, 0.1) is 22.6 Å². The number of carbonyl (C=O) groups is 1. The van der Waals surface area contributed by atoms with Gasteiger partial charge >= 0.3 is 0 Å². The third-order valence-electron chi connectivity index (χ3n) is 4.50. The summed E-state index contributed by atoms with van der Waals surface area (Å²) < 4.78 is 18.9. The lowest BCUT2D eigenvalue weighted by Crippen LogP contribution is -2.51. The van der Waals surface area contributed by atoms with Crippen LogP contribution in [-0.2, 0) is 9.53 Å². The van der Waals surface area contributed by atoms with Crippen molar-refractivity contribution < 1.29 is 13.9 Å². The van der Waals surface area contributed by atoms with Gasteiger partial charge in [-0.05, 0) is 37.0 Å². The van der Waals surface area contributed by atoms with Crippen LogP contribution in [0.1, 0.15) is 30.9 Å². The predicted molar refractivity (Wildman–Crippen MR) is 78.6 cm³/mol. The first kappa shape index (κ1) is 15.3. The summed E-state index contributed by atoms with van der Waals surface area (Å²) in [5, 5.41) is 9.34. The second kappa shape index (κ2) is 5.86. The Labute approximate surface area is 133 Å². The first-order valence-corrected chi connectivity index (χ1v) is 7.71. The zero-order valence-electron chi connectivity index (χ0n) is 12.0. The van der Waals surface area contributed by atoms with Crippen LogP contribution in [0.5, 0.6) is 0 Å². The first-order valence-electron chi connectivity index (χ1n) is 7.33. The molecule has 0 N–H and O–H groups in total. The lowest BCUT2D eigenvalue weighted by Gasteiger charge is -2.41. The average molecular weight is 323 g/mol. The average Bonchev–Trinajstić information content (AvgIpc) is 2.49. The zero-order chi connectivity index (χ0) is 15.7. The molecule has 3 rings (SSSR count). The van der Waals surface area contributed by atoms with E-state index >= 15 is 0 Å². The Balaban J connectivity index is 1.75. The molecule has 6 heteroatoms. The van der Waals surface area contributed by atoms with Gasteiger partial charge in [-0.1, -0.05) is 17.7 Å². The Hall–Kier alpha value is -1.64. The summed E-state index contributed by atoms with van der Waals surface area (Å²) in [5.74, 6) is -0.588. The topological polar surface area (TPSA) is 53.3 Å². The Kier molecular flexibility index (Phi) is 4.07. The molecule has 1 heterocycles. The number of amides is 1. The van der Waals surface area contributed by atoms with Crippen LogP contribution >= 0.6 is 11.6 Å². The highest BCUT2D eigenvalue weighted by molar-refractivity contribution is 6.30. The molecule has 1 aromatic rings. The van der Waals surface area contributed by atoms with Crippen LogP contribution in [0.4, 0.5) is 4.39 Å². The molecule has 1 atom stereocenters. The predicted octanol–water partition coefficient (Wildman–Crippen LogP) is 3.07. The lowest BCUT2D eigenvalue weighted by atomic mass is 9.69. The van der Waals surface area contributed by atoms with Gasteiger partial charge in [-0.2, -0.15) is 5.26 Å². The highest BCUT2D eigenvalue weighted by Crippen LogP contribution is 2.42. The molecule has 1 saturated heterocycles. The van der Waals surface area contributed by atoms with Crippen LogP contribution in [0.25, 0.3) is 0 Å². The summed E-state index contributed by atoms with van der Waals surface area (Å²) in [5.41, 5.74) is -0.106. The van der Waals surface area contributed by atoms with Crippen molar-refractivity contribution in [2.24, 2.45) is 5.41 Å². The normalized spacial score (nSPS) is 23.5. The number of nitrogens with zero attached hydrogens (tertiary/aromatic N) is 2. The summed E-state index contributed by atoms with van der Waals surface area (Å²) in [6, 6.07) is 6.62. The number of hydrogen-bond acceptors (Lipinski definition) is 3. The van der Waals surface area contributed by atoms with E-state index in [1.165, 1.54) is 12.1 Å². The number of benzene rings is 1. The Morgan fingerprint density at radius 2 is 2.27 bits per heavy atom. The highest BCUT2D eigenvalue weighted by atomic mass is 35.5. The summed E-state index contributed by atoms with van der Waals surface area (Å²) >= 11 is 5.80. The fourth-order valence-electron chi connectivity index (χ4n) is 2.95. The Morgan fingerprint density at radius 3 is 2.86 bits per heavy atom. The van der Waals surface area contributed by atoms with Crippen molar-refractivity contribution in [2.45, 2.75) is 25.4 Å². The minimum atomic E-state index is -0.845. The molecule has 1 unspecified atom stereocenters. The van der Waals surface area contributed by atoms with E-state index in [0.717, 1.165) is 12.0 Å². The number of rotatable bonds is 2. The molecule has 1 amide bonds. The van der Waals surface area contributed by atoms with Crippen molar-refractivity contribution in [2.75, 3.05) is 19.7 Å². The zero-order valence-corrected chi connectivity index (χ0v) is 12.8. The molecule has 22 heavy (non-hydrogen) atoms. The highest BCUT2D eigenvalue weighted by Gasteiger charge is 2.47. The van der Waals surface area contributed by atoms with E-state index in [9.17, 15) is 14.4 Å². The fraction of sp³-hybridized carbons (Fsp3) is 0.500. The summed E-state index contributed by atoms with van der Waals surface area (Å²) in [4.78, 5) is 14.3. The van der Waals surface area contributed by atoms with E-state index in [1.54, 1.807) is 11.0 Å². The van der Waals surface area contributed by atoms with Crippen molar-refractivity contribution in [3.8, 4) is 6.07 Å². The first-order chi connectivity index (χ1) is 10.6. The molecule has 2 fully saturated rings. The number of carbonyl (C=O) groups excluding carboxylic acids is 1. The molecule has 1 aliphatic carbocycles. The molecule has 4 nitrogen and oxygen atoms in total. The van der Waals surface area contributed by atoms with Crippen LogP contribution in [0.2, 0.25) is 5.02 Å². The van der Waals surface area contributed by atoms with E-state index in [0.29, 0.717) is 32.5 Å². The quantitative estimate of drug-likeness (QED) is 0.841. The number of halogens is 2. The molecule has 0 aromatic heterocycles. The summed E-state index contributed by atoms with van der Waals surface area (Å²) in [7, 11) is 0. The van der Waals surface area contributed by atoms with Gasteiger partial charge in [0.05, 0.1) is 24.2 Å². The maximum absolute atomic E-state index is 13.3. The second-order valence-corrected chi connectivity index (χ2v) is 6.24. The van der Waals surface area contributed by atoms with Crippen molar-refractivity contribution >= 4 is 17.5 Å². The molecule has 1 aromatic carbocycles. The SMILES string of the molecule is N#CC1(C(=O)N2CCOC(c3ccc(F)c(Cl)c3)C2)CCC1. The van der Waals surface area contributed by atoms with Crippen LogP contribution < -0.4 is 0 Å². The molecule has 0 spiro atoms. The van der Waals surface area contributed by atoms with Crippen molar-refractivity contribution in [1.82, 2.24) is 4.90 Å². The van der Waals surface area contributed by atoms with E-state index in [1.807, 2.05) is 0 Å². The summed E-state index contributed by atoms with van der Waals surface area (Å²) in [6.45, 7) is 1.24. The molecule has 2 aliphatic rings. The van der Waals surface area contributed by atoms with Gasteiger partial charge in [-0.15, -0.1) is 0 Å². The number of hydrogen-bond donors (Lipinski definition) is 0. The summed E-state index contributed by atoms with van der Waals surface area (Å²) in [6.07, 6.45) is 1.84. The lowest BCUT2D eigenvalue weighted by molar-refractivity contribution is -0.150. The molecular formula is C16H16ClFN2O2. The molecule has 1 aliphatic heterocycles. The molecule has 0 radical (unpaired) electrons. The van der Waals surface area contributed by atoms with Crippen molar-refractivity contribution in [1.29, 1.82) is 5.26 Å². The van der Waals surface area contributed by atoms with Gasteiger partial charge in [0.25, 0.3) is 0 Å². The molecular weight excluding hydrogens is 307 g/mol. The van der Waals surface area contributed by atoms with E-state index in [-0.39, 0.29) is 17.0 Å². The number of ether oxygens (including phenoxy) is 1. The molecule has 0 bridgehead atoms. The van der Waals surface area contributed by atoms with Crippen LogP contribution in [-0.4, -0.2) is 30.5 Å².